The number of anilines is 1. The van der Waals surface area contributed by atoms with E-state index >= 15 is 0 Å². The van der Waals surface area contributed by atoms with Gasteiger partial charge in [-0.1, -0.05) is 19.8 Å². The lowest BCUT2D eigenvalue weighted by Crippen LogP contribution is -2.53. The maximum absolute atomic E-state index is 13.9. The molecule has 1 aromatic rings. The number of nitrogens with one attached hydrogen (secondary N) is 1. The molecule has 2 unspecified atom stereocenters. The summed E-state index contributed by atoms with van der Waals surface area (Å²) >= 11 is 0. The number of ether oxygens (including phenoxy) is 3. The minimum atomic E-state index is -1.06. The van der Waals surface area contributed by atoms with Crippen molar-refractivity contribution >= 4 is 23.5 Å². The molecule has 3 saturated heterocycles. The molecule has 0 saturated carbocycles. The lowest BCUT2D eigenvalue weighted by molar-refractivity contribution is -0.160. The Morgan fingerprint density at radius 3 is 2.50 bits per heavy atom. The van der Waals surface area contributed by atoms with Crippen molar-refractivity contribution in [2.45, 2.75) is 76.0 Å². The number of likely N-dealkylation sites (tertiary alicyclic amines) is 1. The maximum Gasteiger partial charge on any atom is 0.312 e. The third-order valence-corrected chi connectivity index (χ3v) is 8.13. The van der Waals surface area contributed by atoms with Crippen LogP contribution in [0.2, 0.25) is 0 Å². The molecule has 36 heavy (non-hydrogen) atoms. The van der Waals surface area contributed by atoms with Gasteiger partial charge in [0.25, 0.3) is 0 Å². The van der Waals surface area contributed by atoms with Gasteiger partial charge in [0.1, 0.15) is 23.3 Å². The van der Waals surface area contributed by atoms with E-state index in [1.807, 2.05) is 6.92 Å². The Kier molecular flexibility index (Phi) is 7.90. The minimum Gasteiger partial charge on any atom is -0.497 e. The summed E-state index contributed by atoms with van der Waals surface area (Å²) in [6, 6.07) is 6.18. The number of hydrogen-bond acceptors (Lipinski definition) is 7. The number of hydrogen-bond donors (Lipinski definition) is 2. The van der Waals surface area contributed by atoms with E-state index in [9.17, 15) is 14.4 Å². The smallest absolute Gasteiger partial charge is 0.312 e. The molecule has 0 radical (unpaired) electrons. The number of fused-ring (bicyclic) bond motifs is 1. The number of rotatable bonds is 12. The quantitative estimate of drug-likeness (QED) is 0.334. The Hall–Kier alpha value is -2.65. The molecule has 198 valence electrons. The second kappa shape index (κ2) is 10.8. The predicted molar refractivity (Wildman–Crippen MR) is 132 cm³/mol. The zero-order valence-corrected chi connectivity index (χ0v) is 21.5. The van der Waals surface area contributed by atoms with Gasteiger partial charge in [0.15, 0.2) is 0 Å². The van der Waals surface area contributed by atoms with Crippen molar-refractivity contribution in [2.24, 2.45) is 11.8 Å². The summed E-state index contributed by atoms with van der Waals surface area (Å²) in [5.74, 6) is -1.73. The summed E-state index contributed by atoms with van der Waals surface area (Å²) in [5, 5.41) is 12.0. The van der Waals surface area contributed by atoms with Gasteiger partial charge in [-0.2, -0.15) is 0 Å². The molecule has 0 aromatic heterocycles. The molecule has 5 atom stereocenters. The van der Waals surface area contributed by atoms with Gasteiger partial charge in [-0.3, -0.25) is 14.4 Å². The van der Waals surface area contributed by atoms with Gasteiger partial charge >= 0.3 is 5.97 Å². The van der Waals surface area contributed by atoms with Crippen molar-refractivity contribution in [3.63, 3.8) is 0 Å². The highest BCUT2D eigenvalue weighted by Crippen LogP contribution is 2.64. The first-order chi connectivity index (χ1) is 17.4. The molecule has 9 heteroatoms. The number of methoxy groups -OCH3 is 1. The number of carbonyl (C=O) groups is 3. The van der Waals surface area contributed by atoms with Crippen LogP contribution in [0.5, 0.6) is 5.75 Å². The highest BCUT2D eigenvalue weighted by atomic mass is 16.6. The molecule has 3 heterocycles. The summed E-state index contributed by atoms with van der Waals surface area (Å²) in [6.45, 7) is 4.46. The van der Waals surface area contributed by atoms with E-state index in [-0.39, 0.29) is 25.0 Å². The number of nitrogens with zero attached hydrogens (tertiary/aromatic N) is 1. The Labute approximate surface area is 212 Å². The van der Waals surface area contributed by atoms with Crippen LogP contribution in [0.4, 0.5) is 5.69 Å². The van der Waals surface area contributed by atoms with Crippen LogP contribution in [0, 0.1) is 11.8 Å². The van der Waals surface area contributed by atoms with Crippen LogP contribution in [-0.4, -0.2) is 71.9 Å². The molecular weight excluding hydrogens is 464 g/mol. The first-order valence-corrected chi connectivity index (χ1v) is 13.1. The summed E-state index contributed by atoms with van der Waals surface area (Å²) in [5.41, 5.74) is -1.26. The van der Waals surface area contributed by atoms with Crippen LogP contribution in [-0.2, 0) is 23.9 Å². The second-order valence-corrected chi connectivity index (χ2v) is 9.97. The van der Waals surface area contributed by atoms with Gasteiger partial charge in [-0.15, -0.1) is 0 Å². The highest BCUT2D eigenvalue weighted by Gasteiger charge is 2.78. The summed E-state index contributed by atoms with van der Waals surface area (Å²) in [7, 11) is 1.58. The molecule has 2 N–H and O–H groups in total. The van der Waals surface area contributed by atoms with Crippen LogP contribution in [0.3, 0.4) is 0 Å². The average molecular weight is 503 g/mol. The summed E-state index contributed by atoms with van der Waals surface area (Å²) in [4.78, 5) is 42.5. The first kappa shape index (κ1) is 26.4. The number of aliphatic hydroxyl groups is 1. The molecule has 2 bridgehead atoms. The maximum atomic E-state index is 13.9. The van der Waals surface area contributed by atoms with Crippen molar-refractivity contribution in [2.75, 3.05) is 32.2 Å². The second-order valence-electron chi connectivity index (χ2n) is 9.97. The van der Waals surface area contributed by atoms with Crippen molar-refractivity contribution < 1.29 is 33.7 Å². The van der Waals surface area contributed by atoms with E-state index in [1.165, 1.54) is 0 Å². The number of carbonyl (C=O) groups excluding carboxylic acids is 3. The topological polar surface area (TPSA) is 114 Å². The molecule has 1 spiro atoms. The Morgan fingerprint density at radius 1 is 1.14 bits per heavy atom. The van der Waals surface area contributed by atoms with Gasteiger partial charge in [0, 0.05) is 18.8 Å². The highest BCUT2D eigenvalue weighted by molar-refractivity contribution is 6.03. The molecule has 2 amide bonds. The van der Waals surface area contributed by atoms with E-state index in [0.29, 0.717) is 50.1 Å². The predicted octanol–water partition coefficient (Wildman–Crippen LogP) is 2.90. The third-order valence-electron chi connectivity index (χ3n) is 8.13. The Balaban J connectivity index is 1.65. The van der Waals surface area contributed by atoms with Crippen molar-refractivity contribution in [3.05, 3.63) is 24.3 Å². The van der Waals surface area contributed by atoms with Crippen molar-refractivity contribution in [1.29, 1.82) is 0 Å². The normalized spacial score (nSPS) is 30.4. The van der Waals surface area contributed by atoms with Gasteiger partial charge in [-0.25, -0.2) is 0 Å². The zero-order chi connectivity index (χ0) is 25.9. The average Bonchev–Trinajstić information content (AvgIpc) is 3.48. The van der Waals surface area contributed by atoms with Gasteiger partial charge < -0.3 is 29.5 Å². The van der Waals surface area contributed by atoms with Crippen molar-refractivity contribution in [3.8, 4) is 5.75 Å². The lowest BCUT2D eigenvalue weighted by atomic mass is 9.65. The molecular formula is C27H38N2O7. The van der Waals surface area contributed by atoms with E-state index in [1.54, 1.807) is 43.2 Å². The number of benzene rings is 1. The molecule has 3 aliphatic heterocycles. The number of unbranched alkanes of at least 4 members (excludes halogenated alkanes) is 3. The van der Waals surface area contributed by atoms with E-state index in [2.05, 4.69) is 5.32 Å². The minimum absolute atomic E-state index is 0.134. The van der Waals surface area contributed by atoms with Crippen LogP contribution in [0.25, 0.3) is 0 Å². The number of aliphatic hydroxyl groups excluding tert-OH is 1. The SMILES string of the molecule is CCOC(=O)[C@H]1[C@H]2C(=O)N(CCCCCCO)C(C(=O)Nc3ccc(OC)cc3)C23CC[C@]1(CC)O3. The first-order valence-electron chi connectivity index (χ1n) is 13.1. The summed E-state index contributed by atoms with van der Waals surface area (Å²) < 4.78 is 17.3. The van der Waals surface area contributed by atoms with Gasteiger partial charge in [0.2, 0.25) is 11.8 Å². The zero-order valence-electron chi connectivity index (χ0n) is 21.5. The van der Waals surface area contributed by atoms with E-state index < -0.39 is 35.0 Å². The van der Waals surface area contributed by atoms with Gasteiger partial charge in [-0.05, 0) is 63.3 Å². The van der Waals surface area contributed by atoms with Crippen LogP contribution in [0.15, 0.2) is 24.3 Å². The van der Waals surface area contributed by atoms with E-state index in [0.717, 1.165) is 12.8 Å². The van der Waals surface area contributed by atoms with E-state index in [4.69, 9.17) is 19.3 Å². The van der Waals surface area contributed by atoms with Crippen molar-refractivity contribution in [1.82, 2.24) is 4.90 Å². The standard InChI is InChI=1S/C27H38N2O7/c1-4-26-14-15-27(36-26)20(21(26)25(33)35-5-2)24(32)29(16-8-6-7-9-17-30)22(27)23(31)28-18-10-12-19(34-3)13-11-18/h10-13,20-22,30H,4-9,14-17H2,1-3H3,(H,28,31)/t20-,21+,22?,26-,27?/m0/s1. The number of amides is 2. The van der Waals surface area contributed by atoms with Crippen LogP contribution >= 0.6 is 0 Å². The fourth-order valence-corrected chi connectivity index (χ4v) is 6.48. The van der Waals surface area contributed by atoms with Crippen LogP contribution < -0.4 is 10.1 Å². The third kappa shape index (κ3) is 4.36. The summed E-state index contributed by atoms with van der Waals surface area (Å²) in [6.07, 6.45) is 4.78. The number of esters is 1. The molecule has 9 nitrogen and oxygen atoms in total. The molecule has 4 rings (SSSR count). The molecule has 1 aromatic carbocycles. The molecule has 0 aliphatic carbocycles. The Morgan fingerprint density at radius 2 is 1.86 bits per heavy atom. The monoisotopic (exact) mass is 502 g/mol. The fraction of sp³-hybridized carbons (Fsp3) is 0.667. The van der Waals surface area contributed by atoms with Crippen LogP contribution in [0.1, 0.15) is 58.8 Å². The fourth-order valence-electron chi connectivity index (χ4n) is 6.48. The molecule has 3 fully saturated rings. The van der Waals surface area contributed by atoms with Gasteiger partial charge in [0.05, 0.1) is 25.2 Å². The Bertz CT molecular complexity index is 967. The molecule has 3 aliphatic rings. The lowest BCUT2D eigenvalue weighted by Gasteiger charge is -2.33. The largest absolute Gasteiger partial charge is 0.497 e.